The van der Waals surface area contributed by atoms with Gasteiger partial charge >= 0.3 is 0 Å². The smallest absolute Gasteiger partial charge is 0.191 e. The molecule has 0 aliphatic carbocycles. The summed E-state index contributed by atoms with van der Waals surface area (Å²) in [5, 5.41) is 8.96. The molecule has 0 saturated carbocycles. The number of hydrogen-bond acceptors (Lipinski definition) is 7. The summed E-state index contributed by atoms with van der Waals surface area (Å²) in [5.41, 5.74) is 0.543. The van der Waals surface area contributed by atoms with Gasteiger partial charge < -0.3 is 9.30 Å². The molecule has 3 rings (SSSR count). The number of sulfone groups is 1. The van der Waals surface area contributed by atoms with E-state index >= 15 is 0 Å². The Kier molecular flexibility index (Phi) is 5.67. The third-order valence-electron chi connectivity index (χ3n) is 4.46. The van der Waals surface area contributed by atoms with Crippen LogP contribution >= 0.6 is 11.8 Å². The van der Waals surface area contributed by atoms with Crippen LogP contribution in [0, 0.1) is 5.92 Å². The lowest BCUT2D eigenvalue weighted by atomic mass is 10.1. The van der Waals surface area contributed by atoms with Crippen LogP contribution in [-0.4, -0.2) is 53.3 Å². The zero-order chi connectivity index (χ0) is 18.7. The minimum Gasteiger partial charge on any atom is -0.496 e. The lowest BCUT2D eigenvalue weighted by molar-refractivity contribution is 0.101. The van der Waals surface area contributed by atoms with Crippen molar-refractivity contribution in [1.29, 1.82) is 0 Å². The average molecular weight is 396 g/mol. The van der Waals surface area contributed by atoms with Gasteiger partial charge in [0.05, 0.1) is 29.9 Å². The summed E-state index contributed by atoms with van der Waals surface area (Å²) in [6.45, 7) is 0. The number of Topliss-reactive ketones (excluding diaryl/α,β-unsaturated/α-hetero) is 1. The van der Waals surface area contributed by atoms with Gasteiger partial charge in [-0.05, 0) is 24.5 Å². The molecule has 1 aromatic carbocycles. The lowest BCUT2D eigenvalue weighted by Gasteiger charge is -2.08. The molecule has 2 heterocycles. The van der Waals surface area contributed by atoms with Crippen LogP contribution in [0.1, 0.15) is 22.6 Å². The van der Waals surface area contributed by atoms with Crippen molar-refractivity contribution in [2.45, 2.75) is 18.0 Å². The minimum atomic E-state index is -2.90. The Bertz CT molecular complexity index is 908. The Labute approximate surface area is 157 Å². The van der Waals surface area contributed by atoms with E-state index in [-0.39, 0.29) is 29.0 Å². The first-order valence-corrected chi connectivity index (χ1v) is 11.1. The summed E-state index contributed by atoms with van der Waals surface area (Å²) in [7, 11) is 0.482. The van der Waals surface area contributed by atoms with E-state index in [1.54, 1.807) is 18.2 Å². The van der Waals surface area contributed by atoms with Crippen LogP contribution < -0.4 is 4.74 Å². The molecule has 26 heavy (non-hydrogen) atoms. The number of hydrogen-bond donors (Lipinski definition) is 0. The van der Waals surface area contributed by atoms with E-state index in [0.717, 1.165) is 5.82 Å². The summed E-state index contributed by atoms with van der Waals surface area (Å²) in [5.74, 6) is 2.05. The van der Waals surface area contributed by atoms with E-state index in [9.17, 15) is 13.2 Å². The van der Waals surface area contributed by atoms with Crippen LogP contribution in [0.4, 0.5) is 0 Å². The number of carbonyl (C=O) groups is 1. The average Bonchev–Trinajstić information content (AvgIpc) is 3.15. The van der Waals surface area contributed by atoms with Crippen molar-refractivity contribution in [2.24, 2.45) is 13.0 Å². The van der Waals surface area contributed by atoms with E-state index in [1.807, 2.05) is 17.7 Å². The van der Waals surface area contributed by atoms with Crippen molar-refractivity contribution >= 4 is 27.4 Å². The third kappa shape index (κ3) is 4.27. The molecule has 9 heteroatoms. The van der Waals surface area contributed by atoms with Crippen LogP contribution in [0.3, 0.4) is 0 Å². The van der Waals surface area contributed by atoms with Crippen molar-refractivity contribution in [3.8, 4) is 5.75 Å². The Morgan fingerprint density at radius 3 is 2.81 bits per heavy atom. The van der Waals surface area contributed by atoms with Crippen LogP contribution in [0.25, 0.3) is 0 Å². The second-order valence-corrected chi connectivity index (χ2v) is 9.51. The molecule has 1 aliphatic heterocycles. The molecule has 1 aliphatic rings. The molecule has 1 saturated heterocycles. The third-order valence-corrected chi connectivity index (χ3v) is 7.32. The summed E-state index contributed by atoms with van der Waals surface area (Å²) in [6.07, 6.45) is 1.26. The van der Waals surface area contributed by atoms with E-state index in [1.165, 1.54) is 18.9 Å². The molecule has 1 atom stereocenters. The van der Waals surface area contributed by atoms with Gasteiger partial charge in [-0.2, -0.15) is 0 Å². The second kappa shape index (κ2) is 7.79. The summed E-state index contributed by atoms with van der Waals surface area (Å²) < 4.78 is 30.2. The highest BCUT2D eigenvalue weighted by molar-refractivity contribution is 7.99. The second-order valence-electron chi connectivity index (χ2n) is 6.34. The van der Waals surface area contributed by atoms with Crippen molar-refractivity contribution in [3.05, 3.63) is 35.7 Å². The first-order chi connectivity index (χ1) is 12.4. The van der Waals surface area contributed by atoms with Gasteiger partial charge in [0.1, 0.15) is 11.6 Å². The molecule has 0 radical (unpaired) electrons. The van der Waals surface area contributed by atoms with Crippen LogP contribution in [0.5, 0.6) is 5.75 Å². The number of para-hydroxylation sites is 1. The van der Waals surface area contributed by atoms with Gasteiger partial charge in [-0.25, -0.2) is 8.42 Å². The van der Waals surface area contributed by atoms with E-state index in [2.05, 4.69) is 10.2 Å². The molecule has 1 aromatic heterocycles. The standard InChI is InChI=1S/C17H21N3O4S2/c1-20-16(9-12-7-8-26(22,23)11-12)18-19-17(20)25-10-14(21)13-5-3-4-6-15(13)24-2/h3-6,12H,7-11H2,1-2H3/t12-/m0/s1. The predicted molar refractivity (Wildman–Crippen MR) is 99.5 cm³/mol. The number of carbonyl (C=O) groups excluding carboxylic acids is 1. The van der Waals surface area contributed by atoms with Crippen molar-refractivity contribution in [1.82, 2.24) is 14.8 Å². The number of benzene rings is 1. The molecule has 0 amide bonds. The molecule has 0 spiro atoms. The van der Waals surface area contributed by atoms with Gasteiger partial charge in [-0.15, -0.1) is 10.2 Å². The number of aromatic nitrogens is 3. The fourth-order valence-corrected chi connectivity index (χ4v) is 5.70. The van der Waals surface area contributed by atoms with Crippen LogP contribution in [-0.2, 0) is 23.3 Å². The van der Waals surface area contributed by atoms with Gasteiger partial charge in [0.2, 0.25) is 0 Å². The van der Waals surface area contributed by atoms with E-state index < -0.39 is 9.84 Å². The number of methoxy groups -OCH3 is 1. The summed E-state index contributed by atoms with van der Waals surface area (Å²) >= 11 is 1.31. The zero-order valence-corrected chi connectivity index (χ0v) is 16.3. The fourth-order valence-electron chi connectivity index (χ4n) is 3.02. The maximum absolute atomic E-state index is 12.4. The fraction of sp³-hybridized carbons (Fsp3) is 0.471. The maximum atomic E-state index is 12.4. The zero-order valence-electron chi connectivity index (χ0n) is 14.7. The van der Waals surface area contributed by atoms with Gasteiger partial charge in [0.15, 0.2) is 20.8 Å². The molecule has 7 nitrogen and oxygen atoms in total. The number of rotatable bonds is 7. The normalized spacial score (nSPS) is 18.8. The molecular formula is C17H21N3O4S2. The van der Waals surface area contributed by atoms with Crippen molar-refractivity contribution in [2.75, 3.05) is 24.4 Å². The topological polar surface area (TPSA) is 91.2 Å². The Morgan fingerprint density at radius 1 is 1.35 bits per heavy atom. The Hall–Kier alpha value is -1.87. The SMILES string of the molecule is COc1ccccc1C(=O)CSc1nnc(C[C@@H]2CCS(=O)(=O)C2)n1C. The quantitative estimate of drug-likeness (QED) is 0.521. The first kappa shape index (κ1) is 18.9. The Balaban J connectivity index is 1.63. The highest BCUT2D eigenvalue weighted by atomic mass is 32.2. The first-order valence-electron chi connectivity index (χ1n) is 8.27. The van der Waals surface area contributed by atoms with Gasteiger partial charge in [0.25, 0.3) is 0 Å². The molecule has 140 valence electrons. The molecule has 0 N–H and O–H groups in total. The number of thioether (sulfide) groups is 1. The van der Waals surface area contributed by atoms with Gasteiger partial charge in [0, 0.05) is 13.5 Å². The largest absolute Gasteiger partial charge is 0.496 e. The van der Waals surface area contributed by atoms with Crippen molar-refractivity contribution in [3.63, 3.8) is 0 Å². The number of ketones is 1. The molecule has 0 bridgehead atoms. The van der Waals surface area contributed by atoms with Crippen molar-refractivity contribution < 1.29 is 17.9 Å². The Morgan fingerprint density at radius 2 is 2.12 bits per heavy atom. The van der Waals surface area contributed by atoms with E-state index in [4.69, 9.17) is 4.74 Å². The molecule has 2 aromatic rings. The summed E-state index contributed by atoms with van der Waals surface area (Å²) in [4.78, 5) is 12.4. The lowest BCUT2D eigenvalue weighted by Crippen LogP contribution is -2.11. The maximum Gasteiger partial charge on any atom is 0.191 e. The summed E-state index contributed by atoms with van der Waals surface area (Å²) in [6, 6.07) is 7.12. The van der Waals surface area contributed by atoms with Gasteiger partial charge in [-0.1, -0.05) is 23.9 Å². The highest BCUT2D eigenvalue weighted by Crippen LogP contribution is 2.25. The van der Waals surface area contributed by atoms with Crippen LogP contribution in [0.15, 0.2) is 29.4 Å². The molecule has 0 unspecified atom stereocenters. The number of nitrogens with zero attached hydrogens (tertiary/aromatic N) is 3. The van der Waals surface area contributed by atoms with Gasteiger partial charge in [-0.3, -0.25) is 4.79 Å². The molecular weight excluding hydrogens is 374 g/mol. The highest BCUT2D eigenvalue weighted by Gasteiger charge is 2.29. The monoisotopic (exact) mass is 395 g/mol. The molecule has 1 fully saturated rings. The van der Waals surface area contributed by atoms with E-state index in [0.29, 0.717) is 29.3 Å². The van der Waals surface area contributed by atoms with Crippen LogP contribution in [0.2, 0.25) is 0 Å². The number of ether oxygens (including phenoxy) is 1. The predicted octanol–water partition coefficient (Wildman–Crippen LogP) is 1.78. The minimum absolute atomic E-state index is 0.0427.